The summed E-state index contributed by atoms with van der Waals surface area (Å²) in [6, 6.07) is 0. The third-order valence-corrected chi connectivity index (χ3v) is 10.3. The average molecular weight is 776 g/mol. The predicted molar refractivity (Wildman–Crippen MR) is 204 cm³/mol. The normalized spacial score (nSPS) is 21.2. The van der Waals surface area contributed by atoms with Crippen LogP contribution >= 0.6 is 7.82 Å². The zero-order valence-corrected chi connectivity index (χ0v) is 33.2. The molecule has 1 saturated carbocycles. The van der Waals surface area contributed by atoms with E-state index in [0.717, 1.165) is 57.8 Å². The molecule has 6 N–H and O–H groups in total. The lowest BCUT2D eigenvalue weighted by Crippen LogP contribution is -2.29. The van der Waals surface area contributed by atoms with Crippen molar-refractivity contribution in [2.45, 2.75) is 167 Å². The van der Waals surface area contributed by atoms with Crippen LogP contribution in [0.5, 0.6) is 0 Å². The van der Waals surface area contributed by atoms with Crippen molar-refractivity contribution in [3.05, 3.63) is 24.3 Å². The number of Topliss-reactive ketones (excluding diaryl/α,β-unsaturated/α-hetero) is 1. The van der Waals surface area contributed by atoms with Gasteiger partial charge in [-0.15, -0.1) is 0 Å². The molecule has 1 aliphatic carbocycles. The van der Waals surface area contributed by atoms with E-state index in [4.69, 9.17) is 24.3 Å². The second kappa shape index (κ2) is 30.3. The Morgan fingerprint density at radius 2 is 1.45 bits per heavy atom. The van der Waals surface area contributed by atoms with E-state index in [-0.39, 0.29) is 57.6 Å². The molecular weight excluding hydrogens is 705 g/mol. The Balaban J connectivity index is 2.50. The third kappa shape index (κ3) is 24.9. The van der Waals surface area contributed by atoms with E-state index in [1.807, 2.05) is 0 Å². The number of phosphoric acid groups is 1. The highest BCUT2D eigenvalue weighted by Crippen LogP contribution is 2.43. The van der Waals surface area contributed by atoms with Gasteiger partial charge in [0, 0.05) is 50.5 Å². The van der Waals surface area contributed by atoms with Gasteiger partial charge in [-0.3, -0.25) is 23.4 Å². The minimum Gasteiger partial charge on any atom is -0.462 e. The molecular formula is C39H70NO12P. The summed E-state index contributed by atoms with van der Waals surface area (Å²) >= 11 is 0. The van der Waals surface area contributed by atoms with Gasteiger partial charge in [0.2, 0.25) is 0 Å². The molecule has 0 bridgehead atoms. The van der Waals surface area contributed by atoms with Crippen molar-refractivity contribution in [1.82, 2.24) is 0 Å². The van der Waals surface area contributed by atoms with E-state index < -0.39 is 62.6 Å². The average Bonchev–Trinajstić information content (AvgIpc) is 3.38. The summed E-state index contributed by atoms with van der Waals surface area (Å²) < 4.78 is 32.5. The fourth-order valence-electron chi connectivity index (χ4n) is 6.20. The third-order valence-electron chi connectivity index (χ3n) is 9.29. The zero-order chi connectivity index (χ0) is 39.3. The molecule has 1 fully saturated rings. The van der Waals surface area contributed by atoms with Gasteiger partial charge in [-0.2, -0.15) is 0 Å². The summed E-state index contributed by atoms with van der Waals surface area (Å²) in [7, 11) is -4.48. The van der Waals surface area contributed by atoms with Crippen LogP contribution in [0.2, 0.25) is 0 Å². The summed E-state index contributed by atoms with van der Waals surface area (Å²) in [4.78, 5) is 47.7. The molecule has 0 radical (unpaired) electrons. The molecule has 0 aromatic heterocycles. The van der Waals surface area contributed by atoms with Gasteiger partial charge in [0.05, 0.1) is 31.5 Å². The van der Waals surface area contributed by atoms with Crippen LogP contribution in [0.15, 0.2) is 24.3 Å². The zero-order valence-electron chi connectivity index (χ0n) is 32.3. The lowest BCUT2D eigenvalue weighted by atomic mass is 9.87. The number of hydrogen-bond donors (Lipinski definition) is 5. The van der Waals surface area contributed by atoms with Crippen molar-refractivity contribution in [3.63, 3.8) is 0 Å². The van der Waals surface area contributed by atoms with Crippen LogP contribution in [-0.2, 0) is 37.5 Å². The van der Waals surface area contributed by atoms with Crippen molar-refractivity contribution in [3.8, 4) is 0 Å². The Hall–Kier alpha value is -1.96. The van der Waals surface area contributed by atoms with Gasteiger partial charge in [0.1, 0.15) is 12.4 Å². The SMILES string of the molecule is CCCC/C=C\CCCCCCCC(=O)OC[C@H](COP(=O)(O)OCCN)OC(=O)CCCCC(=O)C[C@@H]1[C@@H](/C=C/[C@@H](O)CCCCC)[C@H](O)C[C@@H]1O. The summed E-state index contributed by atoms with van der Waals surface area (Å²) in [5.41, 5.74) is 5.32. The Bertz CT molecular complexity index is 1100. The highest BCUT2D eigenvalue weighted by molar-refractivity contribution is 7.47. The molecule has 0 saturated heterocycles. The summed E-state index contributed by atoms with van der Waals surface area (Å²) in [5.74, 6) is -2.15. The fraction of sp³-hybridized carbons (Fsp3) is 0.821. The molecule has 0 heterocycles. The van der Waals surface area contributed by atoms with Gasteiger partial charge in [-0.25, -0.2) is 4.57 Å². The van der Waals surface area contributed by atoms with Crippen LogP contribution in [0.1, 0.15) is 142 Å². The molecule has 1 rings (SSSR count). The van der Waals surface area contributed by atoms with Gasteiger partial charge in [0.25, 0.3) is 0 Å². The molecule has 1 aliphatic rings. The number of carbonyl (C=O) groups excluding carboxylic acids is 3. The number of carbonyl (C=O) groups is 3. The maximum Gasteiger partial charge on any atom is 0.472 e. The van der Waals surface area contributed by atoms with Crippen LogP contribution in [0.3, 0.4) is 0 Å². The number of rotatable bonds is 33. The van der Waals surface area contributed by atoms with Crippen molar-refractivity contribution < 1.29 is 57.7 Å². The summed E-state index contributed by atoms with van der Waals surface area (Å²) in [6.07, 6.45) is 18.5. The molecule has 308 valence electrons. The quantitative estimate of drug-likeness (QED) is 0.0212. The number of ether oxygens (including phenoxy) is 2. The first kappa shape index (κ1) is 49.1. The van der Waals surface area contributed by atoms with E-state index >= 15 is 0 Å². The number of aliphatic hydroxyl groups is 3. The largest absolute Gasteiger partial charge is 0.472 e. The number of unbranched alkanes of at least 4 members (excludes halogenated alkanes) is 10. The molecule has 0 aromatic carbocycles. The van der Waals surface area contributed by atoms with Crippen molar-refractivity contribution in [1.29, 1.82) is 0 Å². The van der Waals surface area contributed by atoms with Gasteiger partial charge in [-0.1, -0.05) is 89.5 Å². The first-order valence-electron chi connectivity index (χ1n) is 20.0. The Labute approximate surface area is 317 Å². The lowest BCUT2D eigenvalue weighted by Gasteiger charge is -2.20. The Kier molecular flexibility index (Phi) is 28.0. The molecule has 53 heavy (non-hydrogen) atoms. The predicted octanol–water partition coefficient (Wildman–Crippen LogP) is 6.39. The first-order valence-corrected chi connectivity index (χ1v) is 21.5. The fourth-order valence-corrected chi connectivity index (χ4v) is 6.96. The van der Waals surface area contributed by atoms with Crippen molar-refractivity contribution >= 4 is 25.5 Å². The second-order valence-corrected chi connectivity index (χ2v) is 15.6. The standard InChI is InChI=1S/C39H70NO12P/c1-3-5-7-8-9-10-11-12-13-14-16-21-38(45)49-29-33(30-51-53(47,48)50-26-25-40)52-39(46)22-18-17-20-32(42)27-35-34(36(43)28-37(35)44)24-23-31(41)19-15-6-4-2/h8-9,23-24,31,33-37,41,43-44H,3-7,10-22,25-30,40H2,1-2H3,(H,47,48)/b9-8-,24-23+/t31-,33+,34+,35+,36+,37-/m0/s1. The molecule has 1 unspecified atom stereocenters. The van der Waals surface area contributed by atoms with Crippen LogP contribution in [0, 0.1) is 11.8 Å². The number of ketones is 1. The number of hydrogen-bond acceptors (Lipinski definition) is 12. The van der Waals surface area contributed by atoms with Crippen LogP contribution in [0.25, 0.3) is 0 Å². The van der Waals surface area contributed by atoms with E-state index in [0.29, 0.717) is 25.7 Å². The van der Waals surface area contributed by atoms with Gasteiger partial charge in [-0.05, 0) is 44.9 Å². The van der Waals surface area contributed by atoms with Crippen molar-refractivity contribution in [2.75, 3.05) is 26.4 Å². The van der Waals surface area contributed by atoms with Crippen molar-refractivity contribution in [2.24, 2.45) is 17.6 Å². The van der Waals surface area contributed by atoms with Gasteiger partial charge in [0.15, 0.2) is 6.10 Å². The van der Waals surface area contributed by atoms with Gasteiger partial charge >= 0.3 is 19.8 Å². The molecule has 14 heteroatoms. The highest BCUT2D eigenvalue weighted by Gasteiger charge is 2.41. The first-order chi connectivity index (χ1) is 25.4. The molecule has 0 amide bonds. The maximum atomic E-state index is 12.8. The van der Waals surface area contributed by atoms with E-state index in [9.17, 15) is 39.2 Å². The van der Waals surface area contributed by atoms with Crippen LogP contribution in [0.4, 0.5) is 0 Å². The topological polar surface area (TPSA) is 212 Å². The molecule has 0 spiro atoms. The van der Waals surface area contributed by atoms with Crippen LogP contribution < -0.4 is 5.73 Å². The summed E-state index contributed by atoms with van der Waals surface area (Å²) in [6.45, 7) is 3.11. The van der Waals surface area contributed by atoms with E-state index in [2.05, 4.69) is 26.0 Å². The Morgan fingerprint density at radius 1 is 0.811 bits per heavy atom. The summed E-state index contributed by atoms with van der Waals surface area (Å²) in [5, 5.41) is 31.2. The Morgan fingerprint density at radius 3 is 2.17 bits per heavy atom. The molecule has 0 aromatic rings. The number of nitrogens with two attached hydrogens (primary N) is 1. The lowest BCUT2D eigenvalue weighted by molar-refractivity contribution is -0.161. The second-order valence-electron chi connectivity index (χ2n) is 14.1. The highest BCUT2D eigenvalue weighted by atomic mass is 31.2. The number of esters is 2. The minimum absolute atomic E-state index is 0.00726. The van der Waals surface area contributed by atoms with Gasteiger partial charge < -0.3 is 35.4 Å². The number of phosphoric ester groups is 1. The van der Waals surface area contributed by atoms with E-state index in [1.54, 1.807) is 12.2 Å². The number of allylic oxidation sites excluding steroid dienone is 2. The van der Waals surface area contributed by atoms with Crippen LogP contribution in [-0.4, -0.2) is 88.7 Å². The number of aliphatic hydroxyl groups excluding tert-OH is 3. The monoisotopic (exact) mass is 775 g/mol. The maximum absolute atomic E-state index is 12.8. The smallest absolute Gasteiger partial charge is 0.462 e. The minimum atomic E-state index is -4.48. The van der Waals surface area contributed by atoms with E-state index in [1.165, 1.54) is 12.8 Å². The molecule has 7 atom stereocenters. The molecule has 0 aliphatic heterocycles. The molecule has 13 nitrogen and oxygen atoms in total.